The third kappa shape index (κ3) is 2.70. The summed E-state index contributed by atoms with van der Waals surface area (Å²) in [6.45, 7) is 0.269. The van der Waals surface area contributed by atoms with Crippen LogP contribution in [0.25, 0.3) is 0 Å². The summed E-state index contributed by atoms with van der Waals surface area (Å²) in [5.74, 6) is 0.684. The van der Waals surface area contributed by atoms with Crippen molar-refractivity contribution in [3.63, 3.8) is 0 Å². The van der Waals surface area contributed by atoms with Crippen molar-refractivity contribution in [2.45, 2.75) is 25.3 Å². The molecule has 3 aromatic rings. The number of hydrogen-bond acceptors (Lipinski definition) is 6. The zero-order valence-electron chi connectivity index (χ0n) is 12.3. The van der Waals surface area contributed by atoms with Gasteiger partial charge in [-0.1, -0.05) is 28.4 Å². The van der Waals surface area contributed by atoms with Crippen LogP contribution in [0.15, 0.2) is 29.2 Å². The number of carbonyl (C=O) groups excluding carboxylic acids is 1. The largest absolute Gasteiger partial charge is 0.360 e. The molecule has 0 aliphatic heterocycles. The predicted molar refractivity (Wildman–Crippen MR) is 85.3 cm³/mol. The maximum Gasteiger partial charge on any atom is 0.199 e. The number of ketones is 1. The molecule has 2 aromatic heterocycles. The van der Waals surface area contributed by atoms with E-state index in [-0.39, 0.29) is 23.3 Å². The Bertz CT molecular complexity index is 903. The minimum absolute atomic E-state index is 0.224. The van der Waals surface area contributed by atoms with E-state index < -0.39 is 0 Å². The van der Waals surface area contributed by atoms with Gasteiger partial charge in [0.2, 0.25) is 0 Å². The lowest BCUT2D eigenvalue weighted by Gasteiger charge is -2.10. The molecule has 24 heavy (non-hydrogen) atoms. The molecule has 0 spiro atoms. The molecule has 0 unspecified atom stereocenters. The maximum atomic E-state index is 12.9. The zero-order valence-corrected chi connectivity index (χ0v) is 13.8. The fourth-order valence-electron chi connectivity index (χ4n) is 2.54. The van der Waals surface area contributed by atoms with E-state index in [4.69, 9.17) is 27.7 Å². The highest BCUT2D eigenvalue weighted by Gasteiger charge is 2.33. The molecule has 1 aliphatic rings. The van der Waals surface area contributed by atoms with Gasteiger partial charge in [-0.2, -0.15) is 0 Å². The number of nitrogens with zero attached hydrogens (tertiary/aromatic N) is 5. The van der Waals surface area contributed by atoms with Gasteiger partial charge >= 0.3 is 0 Å². The Hall–Kier alpha value is -2.25. The summed E-state index contributed by atoms with van der Waals surface area (Å²) in [5.41, 5.74) is 1.39. The molecule has 0 radical (unpaired) electrons. The molecule has 1 aliphatic carbocycles. The average Bonchev–Trinajstić information content (AvgIpc) is 3.09. The Morgan fingerprint density at radius 2 is 2.12 bits per heavy atom. The summed E-state index contributed by atoms with van der Waals surface area (Å²) in [4.78, 5) is 12.9. The third-order valence-corrected chi connectivity index (χ3v) is 4.72. The van der Waals surface area contributed by atoms with Crippen molar-refractivity contribution in [3.05, 3.63) is 57.2 Å². The maximum absolute atomic E-state index is 12.9. The van der Waals surface area contributed by atoms with E-state index in [9.17, 15) is 4.79 Å². The smallest absolute Gasteiger partial charge is 0.199 e. The van der Waals surface area contributed by atoms with E-state index >= 15 is 0 Å². The summed E-state index contributed by atoms with van der Waals surface area (Å²) in [6, 6.07) is 3.25. The molecule has 2 heterocycles. The molecule has 0 bridgehead atoms. The molecule has 0 saturated heterocycles. The molecule has 1 aromatic carbocycles. The van der Waals surface area contributed by atoms with Gasteiger partial charge in [-0.15, -0.1) is 5.10 Å². The van der Waals surface area contributed by atoms with Gasteiger partial charge in [-0.25, -0.2) is 4.68 Å². The van der Waals surface area contributed by atoms with Crippen molar-refractivity contribution < 1.29 is 9.32 Å². The van der Waals surface area contributed by atoms with Gasteiger partial charge in [0.15, 0.2) is 11.5 Å². The van der Waals surface area contributed by atoms with E-state index in [1.165, 1.54) is 17.2 Å². The van der Waals surface area contributed by atoms with E-state index in [2.05, 4.69) is 20.7 Å². The van der Waals surface area contributed by atoms with Gasteiger partial charge < -0.3 is 4.52 Å². The van der Waals surface area contributed by atoms with Gasteiger partial charge in [0.1, 0.15) is 6.33 Å². The van der Waals surface area contributed by atoms with E-state index in [0.29, 0.717) is 27.5 Å². The lowest BCUT2D eigenvalue weighted by atomic mass is 10.0. The minimum Gasteiger partial charge on any atom is -0.360 e. The van der Waals surface area contributed by atoms with Gasteiger partial charge in [0.25, 0.3) is 0 Å². The lowest BCUT2D eigenvalue weighted by molar-refractivity contribution is 0.103. The van der Waals surface area contributed by atoms with E-state index in [1.807, 2.05) is 0 Å². The van der Waals surface area contributed by atoms with Crippen LogP contribution in [0.5, 0.6) is 0 Å². The van der Waals surface area contributed by atoms with Crippen LogP contribution in [0.4, 0.5) is 0 Å². The highest BCUT2D eigenvalue weighted by atomic mass is 35.5. The molecule has 7 nitrogen and oxygen atoms in total. The summed E-state index contributed by atoms with van der Waals surface area (Å²) in [5, 5.41) is 15.4. The number of halogens is 2. The molecule has 0 N–H and O–H groups in total. The summed E-state index contributed by atoms with van der Waals surface area (Å²) in [6.07, 6.45) is 4.91. The van der Waals surface area contributed by atoms with Crippen molar-refractivity contribution in [3.8, 4) is 0 Å². The fraction of sp³-hybridized carbons (Fsp3) is 0.267. The predicted octanol–water partition coefficient (Wildman–Crippen LogP) is 3.12. The Morgan fingerprint density at radius 3 is 2.83 bits per heavy atom. The minimum atomic E-state index is -0.224. The molecule has 1 fully saturated rings. The highest BCUT2D eigenvalue weighted by Crippen LogP contribution is 2.42. The molecule has 0 atom stereocenters. The molecular formula is C15H11Cl2N5O2. The molecule has 122 valence electrons. The summed E-state index contributed by atoms with van der Waals surface area (Å²) >= 11 is 12.7. The van der Waals surface area contributed by atoms with Crippen LogP contribution in [-0.2, 0) is 6.54 Å². The van der Waals surface area contributed by atoms with Crippen LogP contribution < -0.4 is 0 Å². The van der Waals surface area contributed by atoms with Crippen LogP contribution >= 0.6 is 23.2 Å². The van der Waals surface area contributed by atoms with Crippen molar-refractivity contribution in [2.75, 3.05) is 0 Å². The monoisotopic (exact) mass is 363 g/mol. The van der Waals surface area contributed by atoms with Crippen molar-refractivity contribution in [2.24, 2.45) is 0 Å². The number of rotatable bonds is 5. The van der Waals surface area contributed by atoms with Gasteiger partial charge in [-0.3, -0.25) is 4.79 Å². The first kappa shape index (κ1) is 15.3. The second kappa shape index (κ2) is 5.99. The zero-order chi connectivity index (χ0) is 16.7. The summed E-state index contributed by atoms with van der Waals surface area (Å²) in [7, 11) is 0. The third-order valence-electron chi connectivity index (χ3n) is 3.93. The van der Waals surface area contributed by atoms with Crippen molar-refractivity contribution >= 4 is 29.0 Å². The van der Waals surface area contributed by atoms with Gasteiger partial charge in [-0.05, 0) is 35.4 Å². The van der Waals surface area contributed by atoms with E-state index in [0.717, 1.165) is 12.8 Å². The standard InChI is InChI=1S/C15H11Cl2N5O2/c16-12-4-3-9(13(17)11(12)6-22-7-18-20-21-22)14(23)10-5-19-24-15(10)8-1-2-8/h3-5,7-8H,1-2,6H2. The van der Waals surface area contributed by atoms with Crippen LogP contribution in [0, 0.1) is 0 Å². The lowest BCUT2D eigenvalue weighted by Crippen LogP contribution is -2.08. The quantitative estimate of drug-likeness (QED) is 0.647. The average molecular weight is 364 g/mol. The van der Waals surface area contributed by atoms with Crippen molar-refractivity contribution in [1.82, 2.24) is 25.4 Å². The first-order valence-corrected chi connectivity index (χ1v) is 8.07. The molecule has 0 amide bonds. The second-order valence-corrected chi connectivity index (χ2v) is 6.39. The van der Waals surface area contributed by atoms with E-state index in [1.54, 1.807) is 12.1 Å². The SMILES string of the molecule is O=C(c1cnoc1C1CC1)c1ccc(Cl)c(Cn2cnnn2)c1Cl. The highest BCUT2D eigenvalue weighted by molar-refractivity contribution is 6.38. The number of aromatic nitrogens is 5. The molecule has 9 heteroatoms. The fourth-order valence-corrected chi connectivity index (χ4v) is 3.11. The number of benzene rings is 1. The normalized spacial score (nSPS) is 14.1. The molecule has 4 rings (SSSR count). The number of hydrogen-bond donors (Lipinski definition) is 0. The van der Waals surface area contributed by atoms with Crippen LogP contribution in [-0.4, -0.2) is 31.1 Å². The topological polar surface area (TPSA) is 86.7 Å². The summed E-state index contributed by atoms with van der Waals surface area (Å²) < 4.78 is 6.72. The Morgan fingerprint density at radius 1 is 1.29 bits per heavy atom. The van der Waals surface area contributed by atoms with Crippen LogP contribution in [0.2, 0.25) is 10.0 Å². The van der Waals surface area contributed by atoms with Gasteiger partial charge in [0, 0.05) is 22.1 Å². The second-order valence-electron chi connectivity index (χ2n) is 5.60. The Kier molecular flexibility index (Phi) is 3.82. The first-order valence-electron chi connectivity index (χ1n) is 7.32. The van der Waals surface area contributed by atoms with Crippen LogP contribution in [0.1, 0.15) is 46.0 Å². The molecular weight excluding hydrogens is 353 g/mol. The molecule has 1 saturated carbocycles. The van der Waals surface area contributed by atoms with Crippen LogP contribution in [0.3, 0.4) is 0 Å². The van der Waals surface area contributed by atoms with Gasteiger partial charge in [0.05, 0.1) is 23.3 Å². The Labute approximate surface area is 146 Å². The number of carbonyl (C=O) groups is 1. The van der Waals surface area contributed by atoms with Crippen molar-refractivity contribution in [1.29, 1.82) is 0 Å². The Balaban J connectivity index is 1.72. The first-order chi connectivity index (χ1) is 11.6. The number of tetrazole rings is 1.